The topological polar surface area (TPSA) is 82.3 Å². The first kappa shape index (κ1) is 30.7. The number of carbonyl (C=O) groups is 2. The van der Waals surface area contributed by atoms with Gasteiger partial charge in [-0.15, -0.1) is 0 Å². The van der Waals surface area contributed by atoms with Crippen LogP contribution < -0.4 is 17.7 Å². The maximum Gasteiger partial charge on any atom is 0.416 e. The number of allylic oxidation sites excluding steroid dienone is 1. The smallest absolute Gasteiger partial charge is 0.416 e. The summed E-state index contributed by atoms with van der Waals surface area (Å²) in [6, 6.07) is 13.3. The molecule has 0 saturated carbocycles. The molecular formula is C28H30ClF3N4O2. The second-order valence-corrected chi connectivity index (χ2v) is 10.1. The lowest BCUT2D eigenvalue weighted by Crippen LogP contribution is -3.00. The number of Topliss-reactive ketones (excluding diaryl/α,β-unsaturated/α-hetero) is 1. The Balaban J connectivity index is 0.00000507. The Hall–Kier alpha value is -3.48. The summed E-state index contributed by atoms with van der Waals surface area (Å²) in [4.78, 5) is 31.5. The van der Waals surface area contributed by atoms with Crippen molar-refractivity contribution in [2.75, 3.05) is 34.2 Å². The van der Waals surface area contributed by atoms with Crippen molar-refractivity contribution in [1.29, 1.82) is 5.26 Å². The highest BCUT2D eigenvalue weighted by atomic mass is 35.5. The van der Waals surface area contributed by atoms with Crippen LogP contribution in [0.2, 0.25) is 0 Å². The summed E-state index contributed by atoms with van der Waals surface area (Å²) >= 11 is 0. The van der Waals surface area contributed by atoms with E-state index >= 15 is 0 Å². The summed E-state index contributed by atoms with van der Waals surface area (Å²) in [5, 5.41) is 11.8. The van der Waals surface area contributed by atoms with Gasteiger partial charge >= 0.3 is 6.18 Å². The monoisotopic (exact) mass is 546 g/mol. The maximum atomic E-state index is 13.7. The Morgan fingerprint density at radius 2 is 1.79 bits per heavy atom. The van der Waals surface area contributed by atoms with E-state index in [-0.39, 0.29) is 35.7 Å². The molecule has 1 aliphatic rings. The van der Waals surface area contributed by atoms with Crippen molar-refractivity contribution in [3.8, 4) is 6.07 Å². The lowest BCUT2D eigenvalue weighted by molar-refractivity contribution is -0.870. The minimum absolute atomic E-state index is 0. The van der Waals surface area contributed by atoms with E-state index in [2.05, 4.69) is 10.3 Å². The van der Waals surface area contributed by atoms with Gasteiger partial charge in [0.1, 0.15) is 5.57 Å². The summed E-state index contributed by atoms with van der Waals surface area (Å²) < 4.78 is 40.7. The van der Waals surface area contributed by atoms with Gasteiger partial charge in [0.15, 0.2) is 5.78 Å². The quantitative estimate of drug-likeness (QED) is 0.309. The molecule has 1 heterocycles. The van der Waals surface area contributed by atoms with Gasteiger partial charge in [0.25, 0.3) is 5.91 Å². The number of hydrogen-bond donors (Lipinski definition) is 1. The zero-order valence-electron chi connectivity index (χ0n) is 21.7. The molecule has 0 spiro atoms. The molecule has 6 nitrogen and oxygen atoms in total. The predicted molar refractivity (Wildman–Crippen MR) is 135 cm³/mol. The number of benzene rings is 2. The van der Waals surface area contributed by atoms with Crippen molar-refractivity contribution >= 4 is 17.4 Å². The molecule has 1 aliphatic heterocycles. The van der Waals surface area contributed by atoms with Gasteiger partial charge in [0.2, 0.25) is 0 Å². The Labute approximate surface area is 226 Å². The number of hydrogen-bond acceptors (Lipinski definition) is 4. The number of aliphatic imine (C=N–C) groups is 1. The van der Waals surface area contributed by atoms with Gasteiger partial charge in [0.05, 0.1) is 56.5 Å². The molecule has 0 bridgehead atoms. The van der Waals surface area contributed by atoms with Crippen molar-refractivity contribution in [3.63, 3.8) is 0 Å². The fraction of sp³-hybridized carbons (Fsp3) is 0.357. The third-order valence-corrected chi connectivity index (χ3v) is 6.05. The number of carbonyl (C=O) groups excluding carboxylic acids is 2. The fourth-order valence-corrected chi connectivity index (χ4v) is 4.20. The third kappa shape index (κ3) is 7.76. The van der Waals surface area contributed by atoms with E-state index in [0.29, 0.717) is 28.7 Å². The molecule has 0 saturated heterocycles. The van der Waals surface area contributed by atoms with Crippen LogP contribution in [-0.2, 0) is 22.2 Å². The van der Waals surface area contributed by atoms with Crippen LogP contribution in [0.4, 0.5) is 13.2 Å². The molecule has 0 radical (unpaired) electrons. The lowest BCUT2D eigenvalue weighted by Gasteiger charge is -2.26. The Kier molecular flexibility index (Phi) is 10.0. The molecule has 2 aromatic rings. The van der Waals surface area contributed by atoms with Crippen molar-refractivity contribution in [2.45, 2.75) is 31.9 Å². The Bertz CT molecular complexity index is 1290. The minimum Gasteiger partial charge on any atom is -1.00 e. The number of nitriles is 1. The average molecular weight is 547 g/mol. The molecule has 0 aromatic heterocycles. The van der Waals surface area contributed by atoms with Gasteiger partial charge in [-0.05, 0) is 36.2 Å². The number of ketones is 1. The van der Waals surface area contributed by atoms with Crippen LogP contribution in [-0.4, -0.2) is 56.1 Å². The number of nitrogens with one attached hydrogen (secondary N) is 1. The molecule has 1 atom stereocenters. The van der Waals surface area contributed by atoms with Gasteiger partial charge in [0, 0.05) is 25.1 Å². The number of halogens is 4. The molecule has 0 fully saturated rings. The van der Waals surface area contributed by atoms with E-state index in [4.69, 9.17) is 5.26 Å². The zero-order valence-corrected chi connectivity index (χ0v) is 22.5. The van der Waals surface area contributed by atoms with E-state index in [1.54, 1.807) is 31.2 Å². The molecule has 3 rings (SSSR count). The predicted octanol–water partition coefficient (Wildman–Crippen LogP) is 1.42. The molecule has 1 N–H and O–H groups in total. The van der Waals surface area contributed by atoms with Crippen LogP contribution in [0.1, 0.15) is 41.5 Å². The standard InChI is InChI=1S/C28H29F3N4O2.ClH/c1-18-24(21-7-5-8-22(16-21)28(29,30)31)26(36)25(27(37)33-13-6-14-35(2,3)4)23(34-18)15-19-9-11-20(17-32)12-10-19;/h5,7-12,16,24H,6,13-15H2,1-4H3;1H. The Morgan fingerprint density at radius 3 is 2.37 bits per heavy atom. The summed E-state index contributed by atoms with van der Waals surface area (Å²) in [6.45, 7) is 2.72. The Morgan fingerprint density at radius 1 is 1.13 bits per heavy atom. The van der Waals surface area contributed by atoms with E-state index in [1.165, 1.54) is 12.1 Å². The van der Waals surface area contributed by atoms with Gasteiger partial charge in [-0.1, -0.05) is 30.3 Å². The summed E-state index contributed by atoms with van der Waals surface area (Å²) in [6.07, 6.45) is -3.73. The van der Waals surface area contributed by atoms with Crippen molar-refractivity contribution in [3.05, 3.63) is 82.1 Å². The molecule has 1 unspecified atom stereocenters. The third-order valence-electron chi connectivity index (χ3n) is 6.05. The van der Waals surface area contributed by atoms with Crippen LogP contribution in [0.25, 0.3) is 0 Å². The highest BCUT2D eigenvalue weighted by Crippen LogP contribution is 2.35. The summed E-state index contributed by atoms with van der Waals surface area (Å²) in [5.74, 6) is -2.28. The first-order valence-electron chi connectivity index (χ1n) is 11.9. The number of rotatable bonds is 8. The lowest BCUT2D eigenvalue weighted by atomic mass is 9.82. The first-order chi connectivity index (χ1) is 17.3. The van der Waals surface area contributed by atoms with Crippen LogP contribution >= 0.6 is 0 Å². The van der Waals surface area contributed by atoms with Crippen molar-refractivity contribution in [2.24, 2.45) is 4.99 Å². The van der Waals surface area contributed by atoms with Gasteiger partial charge in [-0.3, -0.25) is 14.6 Å². The second kappa shape index (κ2) is 12.4. The molecule has 1 amide bonds. The average Bonchev–Trinajstić information content (AvgIpc) is 2.81. The van der Waals surface area contributed by atoms with Crippen LogP contribution in [0, 0.1) is 11.3 Å². The number of amides is 1. The molecule has 0 aliphatic carbocycles. The normalized spacial score (nSPS) is 15.9. The van der Waals surface area contributed by atoms with Crippen molar-refractivity contribution in [1.82, 2.24) is 5.32 Å². The summed E-state index contributed by atoms with van der Waals surface area (Å²) in [7, 11) is 6.09. The fourth-order valence-electron chi connectivity index (χ4n) is 4.20. The van der Waals surface area contributed by atoms with Crippen LogP contribution in [0.3, 0.4) is 0 Å². The van der Waals surface area contributed by atoms with Crippen LogP contribution in [0.15, 0.2) is 64.8 Å². The highest BCUT2D eigenvalue weighted by molar-refractivity contribution is 6.29. The van der Waals surface area contributed by atoms with E-state index in [1.807, 2.05) is 27.2 Å². The SMILES string of the molecule is CC1=NC(Cc2ccc(C#N)cc2)=C(C(=O)NCCC[N+](C)(C)C)C(=O)C1c1cccc(C(F)(F)F)c1.[Cl-]. The summed E-state index contributed by atoms with van der Waals surface area (Å²) in [5.41, 5.74) is 0.887. The first-order valence-corrected chi connectivity index (χ1v) is 11.9. The van der Waals surface area contributed by atoms with Crippen LogP contribution in [0.5, 0.6) is 0 Å². The molecule has 202 valence electrons. The van der Waals surface area contributed by atoms with E-state index in [9.17, 15) is 22.8 Å². The second-order valence-electron chi connectivity index (χ2n) is 10.1. The molecular weight excluding hydrogens is 517 g/mol. The minimum atomic E-state index is -4.57. The molecule has 2 aromatic carbocycles. The highest BCUT2D eigenvalue weighted by Gasteiger charge is 2.38. The van der Waals surface area contributed by atoms with Gasteiger partial charge < -0.3 is 22.2 Å². The maximum absolute atomic E-state index is 13.7. The largest absolute Gasteiger partial charge is 1.00 e. The van der Waals surface area contributed by atoms with E-state index < -0.39 is 29.3 Å². The molecule has 10 heteroatoms. The number of quaternary nitrogens is 1. The zero-order chi connectivity index (χ0) is 27.4. The van der Waals surface area contributed by atoms with Gasteiger partial charge in [-0.25, -0.2) is 0 Å². The van der Waals surface area contributed by atoms with E-state index in [0.717, 1.165) is 24.2 Å². The molecule has 38 heavy (non-hydrogen) atoms. The van der Waals surface area contributed by atoms with Gasteiger partial charge in [-0.2, -0.15) is 18.4 Å². The number of alkyl halides is 3. The van der Waals surface area contributed by atoms with Crippen molar-refractivity contribution < 1.29 is 39.7 Å². The number of nitrogens with zero attached hydrogens (tertiary/aromatic N) is 3.